The van der Waals surface area contributed by atoms with Crippen LogP contribution in [-0.4, -0.2) is 33.1 Å². The van der Waals surface area contributed by atoms with Crippen LogP contribution in [0.25, 0.3) is 0 Å². The molecule has 0 saturated carbocycles. The molecule has 0 aliphatic carbocycles. The third-order valence-corrected chi connectivity index (χ3v) is 2.73. The maximum Gasteiger partial charge on any atom is 0.138 e. The molecule has 0 aliphatic rings. The normalized spacial score (nSPS) is 9.90. The van der Waals surface area contributed by atoms with Gasteiger partial charge in [-0.2, -0.15) is 5.10 Å². The summed E-state index contributed by atoms with van der Waals surface area (Å²) in [5.41, 5.74) is 1.91. The van der Waals surface area contributed by atoms with E-state index < -0.39 is 0 Å². The SMILES string of the molecule is Cn1nccc1CCOc1cncc(C#CCCO)c1. The molecular formula is C15H17N3O2. The predicted octanol–water partition coefficient (Wildman–Crippen LogP) is 1.17. The third-order valence-electron chi connectivity index (χ3n) is 2.73. The molecule has 2 aromatic heterocycles. The zero-order chi connectivity index (χ0) is 14.2. The van der Waals surface area contributed by atoms with Crippen LogP contribution in [0.3, 0.4) is 0 Å². The number of hydrogen-bond donors (Lipinski definition) is 1. The van der Waals surface area contributed by atoms with Crippen molar-refractivity contribution in [3.05, 3.63) is 42.0 Å². The molecule has 2 aromatic rings. The molecule has 104 valence electrons. The average Bonchev–Trinajstić information content (AvgIpc) is 2.85. The number of nitrogens with zero attached hydrogens (tertiary/aromatic N) is 3. The van der Waals surface area contributed by atoms with Crippen LogP contribution in [0, 0.1) is 11.8 Å². The van der Waals surface area contributed by atoms with E-state index in [2.05, 4.69) is 21.9 Å². The van der Waals surface area contributed by atoms with Crippen molar-refractivity contribution in [2.24, 2.45) is 7.05 Å². The summed E-state index contributed by atoms with van der Waals surface area (Å²) in [5.74, 6) is 6.49. The van der Waals surface area contributed by atoms with E-state index in [1.54, 1.807) is 18.6 Å². The van der Waals surface area contributed by atoms with Crippen molar-refractivity contribution in [3.8, 4) is 17.6 Å². The Balaban J connectivity index is 1.89. The quantitative estimate of drug-likeness (QED) is 0.829. The van der Waals surface area contributed by atoms with Crippen molar-refractivity contribution in [2.45, 2.75) is 12.8 Å². The van der Waals surface area contributed by atoms with E-state index in [4.69, 9.17) is 9.84 Å². The summed E-state index contributed by atoms with van der Waals surface area (Å²) >= 11 is 0. The molecule has 0 fully saturated rings. The van der Waals surface area contributed by atoms with Crippen molar-refractivity contribution in [2.75, 3.05) is 13.2 Å². The third kappa shape index (κ3) is 4.11. The zero-order valence-electron chi connectivity index (χ0n) is 11.4. The molecule has 0 aliphatic heterocycles. The van der Waals surface area contributed by atoms with E-state index in [0.29, 0.717) is 18.8 Å². The van der Waals surface area contributed by atoms with E-state index in [-0.39, 0.29) is 6.61 Å². The molecule has 2 heterocycles. The first-order valence-corrected chi connectivity index (χ1v) is 6.44. The van der Waals surface area contributed by atoms with Gasteiger partial charge in [-0.15, -0.1) is 0 Å². The summed E-state index contributed by atoms with van der Waals surface area (Å²) in [4.78, 5) is 4.09. The van der Waals surface area contributed by atoms with Gasteiger partial charge in [0, 0.05) is 43.5 Å². The lowest BCUT2D eigenvalue weighted by Gasteiger charge is -2.06. The lowest BCUT2D eigenvalue weighted by atomic mass is 10.2. The Labute approximate surface area is 118 Å². The molecule has 1 N–H and O–H groups in total. The largest absolute Gasteiger partial charge is 0.492 e. The zero-order valence-corrected chi connectivity index (χ0v) is 11.4. The lowest BCUT2D eigenvalue weighted by Crippen LogP contribution is -2.06. The fraction of sp³-hybridized carbons (Fsp3) is 0.333. The number of rotatable bonds is 5. The van der Waals surface area contributed by atoms with Gasteiger partial charge < -0.3 is 9.84 Å². The van der Waals surface area contributed by atoms with Gasteiger partial charge in [0.2, 0.25) is 0 Å². The van der Waals surface area contributed by atoms with Crippen LogP contribution in [0.4, 0.5) is 0 Å². The Morgan fingerprint density at radius 1 is 1.40 bits per heavy atom. The van der Waals surface area contributed by atoms with Crippen molar-refractivity contribution in [1.82, 2.24) is 14.8 Å². The van der Waals surface area contributed by atoms with Gasteiger partial charge in [-0.05, 0) is 12.1 Å². The van der Waals surface area contributed by atoms with E-state index in [0.717, 1.165) is 17.7 Å². The number of hydrogen-bond acceptors (Lipinski definition) is 4. The first-order chi connectivity index (χ1) is 9.79. The highest BCUT2D eigenvalue weighted by atomic mass is 16.5. The van der Waals surface area contributed by atoms with Gasteiger partial charge in [0.1, 0.15) is 5.75 Å². The fourth-order valence-corrected chi connectivity index (χ4v) is 1.71. The Morgan fingerprint density at radius 3 is 3.05 bits per heavy atom. The average molecular weight is 271 g/mol. The molecule has 0 unspecified atom stereocenters. The summed E-state index contributed by atoms with van der Waals surface area (Å²) in [6.45, 7) is 0.635. The molecule has 0 amide bonds. The number of ether oxygens (including phenoxy) is 1. The van der Waals surface area contributed by atoms with Crippen LogP contribution in [0.5, 0.6) is 5.75 Å². The highest BCUT2D eigenvalue weighted by Crippen LogP contribution is 2.11. The second-order valence-corrected chi connectivity index (χ2v) is 4.23. The van der Waals surface area contributed by atoms with Gasteiger partial charge in [0.05, 0.1) is 19.4 Å². The Bertz CT molecular complexity index is 611. The molecule has 2 rings (SSSR count). The molecule has 0 radical (unpaired) electrons. The highest BCUT2D eigenvalue weighted by molar-refractivity contribution is 5.36. The topological polar surface area (TPSA) is 60.2 Å². The van der Waals surface area contributed by atoms with Crippen molar-refractivity contribution < 1.29 is 9.84 Å². The maximum absolute atomic E-state index is 8.68. The van der Waals surface area contributed by atoms with Crippen LogP contribution >= 0.6 is 0 Å². The van der Waals surface area contributed by atoms with Gasteiger partial charge in [-0.1, -0.05) is 11.8 Å². The molecule has 20 heavy (non-hydrogen) atoms. The first-order valence-electron chi connectivity index (χ1n) is 6.44. The van der Waals surface area contributed by atoms with Gasteiger partial charge in [0.25, 0.3) is 0 Å². The van der Waals surface area contributed by atoms with E-state index >= 15 is 0 Å². The highest BCUT2D eigenvalue weighted by Gasteiger charge is 2.00. The number of pyridine rings is 1. The Hall–Kier alpha value is -2.32. The second kappa shape index (κ2) is 7.31. The minimum Gasteiger partial charge on any atom is -0.492 e. The lowest BCUT2D eigenvalue weighted by molar-refractivity contribution is 0.305. The Kier molecular flexibility index (Phi) is 5.15. The van der Waals surface area contributed by atoms with Crippen LogP contribution in [0.2, 0.25) is 0 Å². The van der Waals surface area contributed by atoms with Crippen molar-refractivity contribution in [3.63, 3.8) is 0 Å². The summed E-state index contributed by atoms with van der Waals surface area (Å²) in [5, 5.41) is 12.8. The number of aryl methyl sites for hydroxylation is 1. The van der Waals surface area contributed by atoms with Crippen LogP contribution < -0.4 is 4.74 Å². The van der Waals surface area contributed by atoms with E-state index in [1.807, 2.05) is 23.9 Å². The standard InChI is InChI=1S/C15H17N3O2/c1-18-14(5-7-17-18)6-9-20-15-10-13(11-16-12-15)4-2-3-8-19/h5,7,10-12,19H,3,6,8-9H2,1H3. The van der Waals surface area contributed by atoms with Gasteiger partial charge in [-0.25, -0.2) is 0 Å². The van der Waals surface area contributed by atoms with Gasteiger partial charge >= 0.3 is 0 Å². The summed E-state index contributed by atoms with van der Waals surface area (Å²) in [7, 11) is 1.91. The van der Waals surface area contributed by atoms with Gasteiger partial charge in [0.15, 0.2) is 0 Å². The molecule has 0 bridgehead atoms. The second-order valence-electron chi connectivity index (χ2n) is 4.23. The van der Waals surface area contributed by atoms with Crippen molar-refractivity contribution >= 4 is 0 Å². The predicted molar refractivity (Wildman–Crippen MR) is 75.2 cm³/mol. The van der Waals surface area contributed by atoms with Crippen LogP contribution in [-0.2, 0) is 13.5 Å². The van der Waals surface area contributed by atoms with Gasteiger partial charge in [-0.3, -0.25) is 9.67 Å². The number of aliphatic hydroxyl groups excluding tert-OH is 1. The minimum absolute atomic E-state index is 0.0708. The molecule has 5 nitrogen and oxygen atoms in total. The monoisotopic (exact) mass is 271 g/mol. The summed E-state index contributed by atoms with van der Waals surface area (Å²) < 4.78 is 7.49. The maximum atomic E-state index is 8.68. The molecule has 0 spiro atoms. The Morgan fingerprint density at radius 2 is 2.30 bits per heavy atom. The minimum atomic E-state index is 0.0708. The molecular weight excluding hydrogens is 254 g/mol. The fourth-order valence-electron chi connectivity index (χ4n) is 1.71. The molecule has 0 aromatic carbocycles. The van der Waals surface area contributed by atoms with E-state index in [1.165, 1.54) is 0 Å². The number of aliphatic hydroxyl groups is 1. The first kappa shape index (κ1) is 14.1. The summed E-state index contributed by atoms with van der Waals surface area (Å²) in [6, 6.07) is 3.82. The number of aromatic nitrogens is 3. The van der Waals surface area contributed by atoms with Crippen LogP contribution in [0.1, 0.15) is 17.7 Å². The molecule has 5 heteroatoms. The van der Waals surface area contributed by atoms with E-state index in [9.17, 15) is 0 Å². The molecule has 0 saturated heterocycles. The smallest absolute Gasteiger partial charge is 0.138 e. The molecule has 0 atom stereocenters. The van der Waals surface area contributed by atoms with Crippen LogP contribution in [0.15, 0.2) is 30.7 Å². The van der Waals surface area contributed by atoms with Crippen molar-refractivity contribution in [1.29, 1.82) is 0 Å². The summed E-state index contributed by atoms with van der Waals surface area (Å²) in [6.07, 6.45) is 6.37.